The van der Waals surface area contributed by atoms with Gasteiger partial charge in [0.1, 0.15) is 0 Å². The average Bonchev–Trinajstić information content (AvgIpc) is 2.63. The first kappa shape index (κ1) is 21.0. The van der Waals surface area contributed by atoms with Crippen molar-refractivity contribution in [2.45, 2.75) is 45.6 Å². The van der Waals surface area contributed by atoms with Crippen LogP contribution in [0.1, 0.15) is 44.6 Å². The van der Waals surface area contributed by atoms with Crippen LogP contribution in [-0.4, -0.2) is 43.4 Å². The first-order valence-electron chi connectivity index (χ1n) is 9.52. The largest absolute Gasteiger partial charge is 0.352 e. The molecule has 3 rings (SSSR count). The quantitative estimate of drug-likeness (QED) is 0.417. The van der Waals surface area contributed by atoms with Crippen molar-refractivity contribution < 1.29 is 4.79 Å². The van der Waals surface area contributed by atoms with E-state index in [0.29, 0.717) is 6.42 Å². The number of piperidine rings is 2. The highest BCUT2D eigenvalue weighted by atomic mass is 127. The lowest BCUT2D eigenvalue weighted by Crippen LogP contribution is -2.45. The Morgan fingerprint density at radius 3 is 2.62 bits per heavy atom. The molecule has 1 amide bonds. The molecule has 0 aliphatic carbocycles. The number of carbonyl (C=O) groups excluding carboxylic acids is 1. The molecule has 1 atom stereocenters. The number of likely N-dealkylation sites (tertiary alicyclic amines) is 1. The van der Waals surface area contributed by atoms with E-state index in [1.807, 2.05) is 11.9 Å². The highest BCUT2D eigenvalue weighted by Crippen LogP contribution is 2.21. The molecular formula is C20H31IN4O. The van der Waals surface area contributed by atoms with E-state index in [9.17, 15) is 4.79 Å². The number of aliphatic imine (C=N–C) groups is 1. The van der Waals surface area contributed by atoms with Gasteiger partial charge in [0.2, 0.25) is 5.91 Å². The lowest BCUT2D eigenvalue weighted by atomic mass is 10.0. The topological polar surface area (TPSA) is 47.9 Å². The molecular weight excluding hydrogens is 439 g/mol. The summed E-state index contributed by atoms with van der Waals surface area (Å²) in [6, 6.07) is 8.34. The van der Waals surface area contributed by atoms with Crippen LogP contribution in [0.15, 0.2) is 29.3 Å². The van der Waals surface area contributed by atoms with Crippen LogP contribution in [0.5, 0.6) is 0 Å². The number of guanidine groups is 1. The van der Waals surface area contributed by atoms with Gasteiger partial charge in [0, 0.05) is 45.3 Å². The maximum Gasteiger partial charge on any atom is 0.226 e. The Hall–Kier alpha value is -1.31. The lowest BCUT2D eigenvalue weighted by Gasteiger charge is -2.33. The van der Waals surface area contributed by atoms with Crippen molar-refractivity contribution in [3.8, 4) is 0 Å². The third kappa shape index (κ3) is 5.34. The van der Waals surface area contributed by atoms with Crippen molar-refractivity contribution in [1.82, 2.24) is 10.2 Å². The summed E-state index contributed by atoms with van der Waals surface area (Å²) in [5.74, 6) is 1.97. The Morgan fingerprint density at radius 2 is 1.96 bits per heavy atom. The molecule has 0 radical (unpaired) electrons. The highest BCUT2D eigenvalue weighted by molar-refractivity contribution is 14.0. The number of anilines is 1. The summed E-state index contributed by atoms with van der Waals surface area (Å²) in [7, 11) is 1.85. The molecule has 5 nitrogen and oxygen atoms in total. The summed E-state index contributed by atoms with van der Waals surface area (Å²) >= 11 is 0. The van der Waals surface area contributed by atoms with Crippen LogP contribution in [0.4, 0.5) is 5.69 Å². The molecule has 2 fully saturated rings. The van der Waals surface area contributed by atoms with E-state index in [4.69, 9.17) is 0 Å². The second kappa shape index (κ2) is 10.1. The number of nitrogens with zero attached hydrogens (tertiary/aromatic N) is 3. The van der Waals surface area contributed by atoms with Gasteiger partial charge in [-0.3, -0.25) is 9.79 Å². The number of hydrogen-bond donors (Lipinski definition) is 1. The van der Waals surface area contributed by atoms with Gasteiger partial charge in [0.25, 0.3) is 0 Å². The third-order valence-electron chi connectivity index (χ3n) is 5.19. The molecule has 1 unspecified atom stereocenters. The minimum Gasteiger partial charge on any atom is -0.352 e. The van der Waals surface area contributed by atoms with Crippen molar-refractivity contribution in [2.75, 3.05) is 31.6 Å². The summed E-state index contributed by atoms with van der Waals surface area (Å²) in [6.07, 6.45) is 5.34. The number of halogens is 1. The van der Waals surface area contributed by atoms with Crippen LogP contribution in [0.3, 0.4) is 0 Å². The molecule has 2 aliphatic rings. The molecule has 26 heavy (non-hydrogen) atoms. The molecule has 0 saturated carbocycles. The van der Waals surface area contributed by atoms with Gasteiger partial charge in [0.15, 0.2) is 5.96 Å². The van der Waals surface area contributed by atoms with Crippen molar-refractivity contribution in [1.29, 1.82) is 0 Å². The fourth-order valence-corrected chi connectivity index (χ4v) is 3.77. The monoisotopic (exact) mass is 470 g/mol. The number of rotatable bonds is 3. The third-order valence-corrected chi connectivity index (χ3v) is 5.19. The number of benzene rings is 1. The fraction of sp³-hybridized carbons (Fsp3) is 0.600. The van der Waals surface area contributed by atoms with Gasteiger partial charge in [-0.1, -0.05) is 19.1 Å². The van der Waals surface area contributed by atoms with E-state index in [-0.39, 0.29) is 29.9 Å². The van der Waals surface area contributed by atoms with Crippen LogP contribution in [0.25, 0.3) is 0 Å². The van der Waals surface area contributed by atoms with E-state index >= 15 is 0 Å². The zero-order valence-corrected chi connectivity index (χ0v) is 18.2. The summed E-state index contributed by atoms with van der Waals surface area (Å²) in [4.78, 5) is 20.7. The van der Waals surface area contributed by atoms with E-state index in [1.165, 1.54) is 18.4 Å². The molecule has 2 heterocycles. The number of nitrogens with one attached hydrogen (secondary N) is 1. The second-order valence-corrected chi connectivity index (χ2v) is 7.26. The zero-order chi connectivity index (χ0) is 17.6. The standard InChI is InChI=1S/C20H30N4O.HI/c1-16-6-5-12-23(15-16)20(21-2)22-14-17-8-10-18(11-9-17)24-13-4-3-7-19(24)25;/h8-11,16H,3-7,12-15H2,1-2H3,(H,21,22);1H. The van der Waals surface area contributed by atoms with Crippen molar-refractivity contribution in [3.63, 3.8) is 0 Å². The van der Waals surface area contributed by atoms with Crippen LogP contribution in [0, 0.1) is 5.92 Å². The Morgan fingerprint density at radius 1 is 1.19 bits per heavy atom. The number of amides is 1. The van der Waals surface area contributed by atoms with Crippen LogP contribution < -0.4 is 10.2 Å². The molecule has 1 aromatic carbocycles. The maximum atomic E-state index is 12.0. The highest BCUT2D eigenvalue weighted by Gasteiger charge is 2.20. The molecule has 6 heteroatoms. The molecule has 1 N–H and O–H groups in total. The Kier molecular flexibility index (Phi) is 8.18. The molecule has 0 aromatic heterocycles. The lowest BCUT2D eigenvalue weighted by molar-refractivity contribution is -0.119. The molecule has 2 aliphatic heterocycles. The van der Waals surface area contributed by atoms with Gasteiger partial charge < -0.3 is 15.1 Å². The summed E-state index contributed by atoms with van der Waals surface area (Å²) in [6.45, 7) is 6.07. The average molecular weight is 470 g/mol. The van der Waals surface area contributed by atoms with Gasteiger partial charge in [0.05, 0.1) is 0 Å². The number of hydrogen-bond acceptors (Lipinski definition) is 2. The Balaban J connectivity index is 0.00000243. The first-order valence-corrected chi connectivity index (χ1v) is 9.52. The molecule has 1 aromatic rings. The predicted octanol–water partition coefficient (Wildman–Crippen LogP) is 3.63. The molecule has 0 spiro atoms. The Labute approximate surface area is 174 Å². The minimum absolute atomic E-state index is 0. The van der Waals surface area contributed by atoms with Crippen molar-refractivity contribution in [2.24, 2.45) is 10.9 Å². The molecule has 144 valence electrons. The van der Waals surface area contributed by atoms with E-state index in [1.54, 1.807) is 0 Å². The van der Waals surface area contributed by atoms with Gasteiger partial charge >= 0.3 is 0 Å². The second-order valence-electron chi connectivity index (χ2n) is 7.26. The van der Waals surface area contributed by atoms with E-state index < -0.39 is 0 Å². The summed E-state index contributed by atoms with van der Waals surface area (Å²) in [5, 5.41) is 3.48. The Bertz CT molecular complexity index is 617. The molecule has 0 bridgehead atoms. The smallest absolute Gasteiger partial charge is 0.226 e. The van der Waals surface area contributed by atoms with Crippen LogP contribution in [0.2, 0.25) is 0 Å². The normalized spacial score (nSPS) is 21.4. The fourth-order valence-electron chi connectivity index (χ4n) is 3.77. The minimum atomic E-state index is 0. The van der Waals surface area contributed by atoms with Gasteiger partial charge in [-0.25, -0.2) is 0 Å². The van der Waals surface area contributed by atoms with Crippen molar-refractivity contribution in [3.05, 3.63) is 29.8 Å². The van der Waals surface area contributed by atoms with Crippen molar-refractivity contribution >= 4 is 41.5 Å². The van der Waals surface area contributed by atoms with E-state index in [2.05, 4.69) is 46.4 Å². The number of carbonyl (C=O) groups is 1. The van der Waals surface area contributed by atoms with Crippen LogP contribution in [-0.2, 0) is 11.3 Å². The first-order chi connectivity index (χ1) is 12.2. The van der Waals surface area contributed by atoms with Gasteiger partial charge in [-0.15, -0.1) is 24.0 Å². The zero-order valence-electron chi connectivity index (χ0n) is 15.9. The van der Waals surface area contributed by atoms with E-state index in [0.717, 1.165) is 56.6 Å². The van der Waals surface area contributed by atoms with Crippen LogP contribution >= 0.6 is 24.0 Å². The summed E-state index contributed by atoms with van der Waals surface area (Å²) < 4.78 is 0. The summed E-state index contributed by atoms with van der Waals surface area (Å²) in [5.41, 5.74) is 2.22. The van der Waals surface area contributed by atoms with Gasteiger partial charge in [-0.05, 0) is 49.3 Å². The SMILES string of the molecule is CN=C(NCc1ccc(N2CCCCC2=O)cc1)N1CCCC(C)C1.I. The molecule has 2 saturated heterocycles. The maximum absolute atomic E-state index is 12.0. The van der Waals surface area contributed by atoms with Gasteiger partial charge in [-0.2, -0.15) is 0 Å². The predicted molar refractivity (Wildman–Crippen MR) is 118 cm³/mol.